The molecule has 0 saturated carbocycles. The number of hydrogen-bond acceptors (Lipinski definition) is 6. The molecule has 9 heteroatoms. The predicted molar refractivity (Wildman–Crippen MR) is 143 cm³/mol. The van der Waals surface area contributed by atoms with E-state index in [9.17, 15) is 24.6 Å². The zero-order chi connectivity index (χ0) is 26.9. The van der Waals surface area contributed by atoms with Gasteiger partial charge in [0.05, 0.1) is 24.0 Å². The fourth-order valence-corrected chi connectivity index (χ4v) is 5.46. The monoisotopic (exact) mass is 516 g/mol. The summed E-state index contributed by atoms with van der Waals surface area (Å²) in [6.07, 6.45) is 5.94. The molecule has 38 heavy (non-hydrogen) atoms. The van der Waals surface area contributed by atoms with Crippen LogP contribution in [0.2, 0.25) is 0 Å². The minimum atomic E-state index is -1.88. The van der Waals surface area contributed by atoms with Crippen LogP contribution in [-0.4, -0.2) is 57.7 Å². The van der Waals surface area contributed by atoms with Crippen LogP contribution in [0.5, 0.6) is 0 Å². The molecule has 3 N–H and O–H groups in total. The molecule has 3 atom stereocenters. The van der Waals surface area contributed by atoms with Gasteiger partial charge in [0.1, 0.15) is 0 Å². The Hall–Kier alpha value is -3.82. The molecule has 0 radical (unpaired) electrons. The van der Waals surface area contributed by atoms with E-state index in [1.54, 1.807) is 42.2 Å². The molecule has 3 amide bonds. The summed E-state index contributed by atoms with van der Waals surface area (Å²) in [6, 6.07) is 14.5. The summed E-state index contributed by atoms with van der Waals surface area (Å²) >= 11 is 0. The first-order chi connectivity index (χ1) is 18.3. The molecule has 3 aliphatic rings. The number of aliphatic hydroxyl groups excluding tert-OH is 1. The Bertz CT molecular complexity index is 1310. The van der Waals surface area contributed by atoms with Crippen molar-refractivity contribution in [1.82, 2.24) is 4.90 Å². The summed E-state index contributed by atoms with van der Waals surface area (Å²) in [6.45, 7) is 2.29. The smallest absolute Gasteiger partial charge is 0.261 e. The second-order valence-electron chi connectivity index (χ2n) is 10.1. The van der Waals surface area contributed by atoms with Gasteiger partial charge < -0.3 is 20.4 Å². The molecule has 9 nitrogen and oxygen atoms in total. The summed E-state index contributed by atoms with van der Waals surface area (Å²) in [5.41, 5.74) is 1.14. The number of nitrogens with zero attached hydrogens (tertiary/aromatic N) is 3. The zero-order valence-corrected chi connectivity index (χ0v) is 21.3. The van der Waals surface area contributed by atoms with Crippen molar-refractivity contribution in [2.45, 2.75) is 50.7 Å². The summed E-state index contributed by atoms with van der Waals surface area (Å²) in [5, 5.41) is 29.8. The highest BCUT2D eigenvalue weighted by Gasteiger charge is 2.49. The van der Waals surface area contributed by atoms with Crippen LogP contribution in [0, 0.1) is 5.92 Å². The van der Waals surface area contributed by atoms with Crippen LogP contribution in [0.1, 0.15) is 50.2 Å². The second-order valence-corrected chi connectivity index (χ2v) is 10.1. The summed E-state index contributed by atoms with van der Waals surface area (Å²) < 4.78 is 0. The molecule has 0 aromatic heterocycles. The Morgan fingerprint density at radius 3 is 2.76 bits per heavy atom. The lowest BCUT2D eigenvalue weighted by Crippen LogP contribution is -2.40. The molecule has 0 aliphatic carbocycles. The Morgan fingerprint density at radius 2 is 2.00 bits per heavy atom. The Labute approximate surface area is 221 Å². The van der Waals surface area contributed by atoms with Gasteiger partial charge in [-0.3, -0.25) is 14.4 Å². The molecule has 2 aromatic carbocycles. The van der Waals surface area contributed by atoms with Gasteiger partial charge in [-0.15, -0.1) is 0 Å². The van der Waals surface area contributed by atoms with Crippen LogP contribution >= 0.6 is 0 Å². The zero-order valence-electron chi connectivity index (χ0n) is 21.3. The standard InChI is InChI=1S/C29H32N4O5/c1-19(7-5-11-26(35)32-16-6-10-22(32)18-34)29(38)23-17-21(12-13-25(23)30-28(29)37)33-27(36)15-14-24(31-33)20-8-3-2-4-9-20/h2-5,7-9,12-13,17,19,22,34,38H,6,10-11,14-16,18H2,1H3,(H,30,37)/b7-5+/t19-,22-,29+/m0/s1. The SMILES string of the molecule is C[C@@H](/C=C/CC(=O)N1CCC[C@H]1CO)[C@]1(O)C(=O)Nc2ccc(N3N=C(c4ccccc4)CCC3=O)cc21. The van der Waals surface area contributed by atoms with Gasteiger partial charge in [-0.2, -0.15) is 5.10 Å². The minimum Gasteiger partial charge on any atom is -0.394 e. The molecular weight excluding hydrogens is 484 g/mol. The van der Waals surface area contributed by atoms with E-state index in [0.717, 1.165) is 24.1 Å². The van der Waals surface area contributed by atoms with Crippen molar-refractivity contribution in [2.24, 2.45) is 11.0 Å². The second kappa shape index (κ2) is 10.5. The molecule has 198 valence electrons. The topological polar surface area (TPSA) is 123 Å². The van der Waals surface area contributed by atoms with E-state index in [4.69, 9.17) is 0 Å². The quantitative estimate of drug-likeness (QED) is 0.489. The highest BCUT2D eigenvalue weighted by Crippen LogP contribution is 2.43. The van der Waals surface area contributed by atoms with Crippen LogP contribution in [0.15, 0.2) is 65.8 Å². The van der Waals surface area contributed by atoms with Gasteiger partial charge in [-0.25, -0.2) is 5.01 Å². The van der Waals surface area contributed by atoms with E-state index in [2.05, 4.69) is 10.4 Å². The third-order valence-corrected chi connectivity index (χ3v) is 7.68. The molecular formula is C29H32N4O5. The summed E-state index contributed by atoms with van der Waals surface area (Å²) in [4.78, 5) is 40.1. The predicted octanol–water partition coefficient (Wildman–Crippen LogP) is 2.92. The Morgan fingerprint density at radius 1 is 1.21 bits per heavy atom. The van der Waals surface area contributed by atoms with Gasteiger partial charge in [-0.1, -0.05) is 49.4 Å². The molecule has 1 saturated heterocycles. The molecule has 3 aliphatic heterocycles. The van der Waals surface area contributed by atoms with Gasteiger partial charge in [0, 0.05) is 43.0 Å². The number of hydrogen-bond donors (Lipinski definition) is 3. The van der Waals surface area contributed by atoms with Crippen LogP contribution < -0.4 is 10.3 Å². The lowest BCUT2D eigenvalue weighted by Gasteiger charge is -2.28. The van der Waals surface area contributed by atoms with Gasteiger partial charge in [0.25, 0.3) is 5.91 Å². The number of aliphatic hydroxyl groups is 2. The van der Waals surface area contributed by atoms with Gasteiger partial charge in [-0.05, 0) is 36.6 Å². The van der Waals surface area contributed by atoms with Crippen molar-refractivity contribution >= 4 is 34.8 Å². The molecule has 1 fully saturated rings. The third-order valence-electron chi connectivity index (χ3n) is 7.68. The number of likely N-dealkylation sites (tertiary alicyclic amines) is 1. The van der Waals surface area contributed by atoms with E-state index >= 15 is 0 Å². The van der Waals surface area contributed by atoms with Gasteiger partial charge in [0.15, 0.2) is 5.60 Å². The molecule has 0 spiro atoms. The molecule has 0 unspecified atom stereocenters. The fraction of sp³-hybridized carbons (Fsp3) is 0.379. The van der Waals surface area contributed by atoms with Crippen LogP contribution in [-0.2, 0) is 20.0 Å². The van der Waals surface area contributed by atoms with E-state index in [0.29, 0.717) is 36.3 Å². The van der Waals surface area contributed by atoms with Crippen LogP contribution in [0.4, 0.5) is 11.4 Å². The average molecular weight is 517 g/mol. The first kappa shape index (κ1) is 25.8. The lowest BCUT2D eigenvalue weighted by molar-refractivity contribution is -0.137. The average Bonchev–Trinajstić information content (AvgIpc) is 3.52. The summed E-state index contributed by atoms with van der Waals surface area (Å²) in [7, 11) is 0. The summed E-state index contributed by atoms with van der Waals surface area (Å²) in [5.74, 6) is -1.47. The molecule has 0 bridgehead atoms. The number of hydrazone groups is 1. The number of amides is 3. The number of fused-ring (bicyclic) bond motifs is 1. The van der Waals surface area contributed by atoms with Gasteiger partial charge >= 0.3 is 0 Å². The number of rotatable bonds is 7. The number of benzene rings is 2. The van der Waals surface area contributed by atoms with E-state index in [1.807, 2.05) is 30.3 Å². The molecule has 5 rings (SSSR count). The van der Waals surface area contributed by atoms with Crippen molar-refractivity contribution < 1.29 is 24.6 Å². The number of anilines is 2. The molecule has 3 heterocycles. The van der Waals surface area contributed by atoms with Crippen LogP contribution in [0.3, 0.4) is 0 Å². The van der Waals surface area contributed by atoms with E-state index < -0.39 is 17.4 Å². The first-order valence-corrected chi connectivity index (χ1v) is 13.0. The van der Waals surface area contributed by atoms with Crippen molar-refractivity contribution in [2.75, 3.05) is 23.5 Å². The van der Waals surface area contributed by atoms with Crippen molar-refractivity contribution in [1.29, 1.82) is 0 Å². The maximum atomic E-state index is 13.0. The highest BCUT2D eigenvalue weighted by molar-refractivity contribution is 6.10. The number of carbonyl (C=O) groups is 3. The highest BCUT2D eigenvalue weighted by atomic mass is 16.3. The van der Waals surface area contributed by atoms with E-state index in [1.165, 1.54) is 5.01 Å². The molecule has 2 aromatic rings. The van der Waals surface area contributed by atoms with Gasteiger partial charge in [0.2, 0.25) is 11.8 Å². The largest absolute Gasteiger partial charge is 0.394 e. The third kappa shape index (κ3) is 4.63. The number of nitrogens with one attached hydrogen (secondary N) is 1. The maximum absolute atomic E-state index is 13.0. The maximum Gasteiger partial charge on any atom is 0.261 e. The van der Waals surface area contributed by atoms with Crippen molar-refractivity contribution in [3.05, 3.63) is 71.8 Å². The van der Waals surface area contributed by atoms with Crippen molar-refractivity contribution in [3.63, 3.8) is 0 Å². The van der Waals surface area contributed by atoms with E-state index in [-0.39, 0.29) is 30.9 Å². The first-order valence-electron chi connectivity index (χ1n) is 13.0. The van der Waals surface area contributed by atoms with Crippen LogP contribution in [0.25, 0.3) is 0 Å². The Kier molecular flexibility index (Phi) is 7.14. The minimum absolute atomic E-state index is 0.0543. The Balaban J connectivity index is 1.38. The number of carbonyl (C=O) groups excluding carboxylic acids is 3. The fourth-order valence-electron chi connectivity index (χ4n) is 5.46. The van der Waals surface area contributed by atoms with Crippen molar-refractivity contribution in [3.8, 4) is 0 Å². The normalized spacial score (nSPS) is 24.0. The lowest BCUT2D eigenvalue weighted by atomic mass is 9.82.